The summed E-state index contributed by atoms with van der Waals surface area (Å²) < 4.78 is 43.1. The van der Waals surface area contributed by atoms with E-state index < -0.39 is 17.6 Å². The van der Waals surface area contributed by atoms with Crippen molar-refractivity contribution in [1.29, 1.82) is 0 Å². The number of ether oxygens (including phenoxy) is 1. The van der Waals surface area contributed by atoms with Gasteiger partial charge in [0.05, 0.1) is 5.56 Å². The fraction of sp³-hybridized carbons (Fsp3) is 0.222. The molecule has 2 rings (SSSR count). The first-order chi connectivity index (χ1) is 11.8. The maximum atomic E-state index is 12.6. The van der Waals surface area contributed by atoms with Crippen LogP contribution in [0.4, 0.5) is 13.2 Å². The van der Waals surface area contributed by atoms with Crippen LogP contribution in [-0.4, -0.2) is 18.3 Å². The smallest absolute Gasteiger partial charge is 0.416 e. The Balaban J connectivity index is 1.84. The van der Waals surface area contributed by atoms with Crippen LogP contribution >= 0.6 is 0 Å². The lowest BCUT2D eigenvalue weighted by atomic mass is 10.1. The van der Waals surface area contributed by atoms with Gasteiger partial charge in [-0.05, 0) is 48.9 Å². The van der Waals surface area contributed by atoms with Gasteiger partial charge in [0.1, 0.15) is 5.75 Å². The monoisotopic (exact) mass is 351 g/mol. The number of hydrogen-bond acceptors (Lipinski definition) is 3. The zero-order valence-corrected chi connectivity index (χ0v) is 13.4. The first-order valence-corrected chi connectivity index (χ1v) is 7.42. The molecule has 0 radical (unpaired) electrons. The van der Waals surface area contributed by atoms with Gasteiger partial charge >= 0.3 is 6.18 Å². The first-order valence-electron chi connectivity index (χ1n) is 7.42. The molecular formula is C18H16F3NO3. The van der Waals surface area contributed by atoms with Gasteiger partial charge in [0.2, 0.25) is 0 Å². The Morgan fingerprint density at radius 2 is 1.76 bits per heavy atom. The Morgan fingerprint density at radius 3 is 2.36 bits per heavy atom. The molecule has 132 valence electrons. The van der Waals surface area contributed by atoms with Gasteiger partial charge in [-0.3, -0.25) is 9.59 Å². The predicted octanol–water partition coefficient (Wildman–Crippen LogP) is 3.60. The highest BCUT2D eigenvalue weighted by Gasteiger charge is 2.30. The van der Waals surface area contributed by atoms with Crippen LogP contribution in [0.25, 0.3) is 0 Å². The summed E-state index contributed by atoms with van der Waals surface area (Å²) in [5.74, 6) is -0.127. The van der Waals surface area contributed by atoms with Crippen molar-refractivity contribution >= 4 is 11.7 Å². The third kappa shape index (κ3) is 5.63. The zero-order valence-electron chi connectivity index (χ0n) is 13.4. The molecule has 0 aliphatic heterocycles. The van der Waals surface area contributed by atoms with Gasteiger partial charge in [-0.15, -0.1) is 0 Å². The average Bonchev–Trinajstić information content (AvgIpc) is 2.58. The van der Waals surface area contributed by atoms with Crippen LogP contribution in [0.2, 0.25) is 0 Å². The molecule has 1 N–H and O–H groups in total. The molecule has 0 aliphatic carbocycles. The second-order valence-corrected chi connectivity index (χ2v) is 5.34. The van der Waals surface area contributed by atoms with E-state index in [-0.39, 0.29) is 18.9 Å². The van der Waals surface area contributed by atoms with Crippen molar-refractivity contribution in [3.63, 3.8) is 0 Å². The molecule has 0 unspecified atom stereocenters. The molecule has 0 saturated heterocycles. The predicted molar refractivity (Wildman–Crippen MR) is 85.2 cm³/mol. The summed E-state index contributed by atoms with van der Waals surface area (Å²) in [5, 5.41) is 2.49. The molecule has 1 amide bonds. The fourth-order valence-electron chi connectivity index (χ4n) is 2.04. The second kappa shape index (κ2) is 7.83. The maximum absolute atomic E-state index is 12.6. The molecule has 2 aromatic rings. The summed E-state index contributed by atoms with van der Waals surface area (Å²) >= 11 is 0. The quantitative estimate of drug-likeness (QED) is 0.809. The van der Waals surface area contributed by atoms with Gasteiger partial charge in [-0.2, -0.15) is 13.2 Å². The van der Waals surface area contributed by atoms with Crippen molar-refractivity contribution in [2.24, 2.45) is 0 Å². The summed E-state index contributed by atoms with van der Waals surface area (Å²) in [6.07, 6.45) is -4.42. The van der Waals surface area contributed by atoms with Gasteiger partial charge in [0.15, 0.2) is 12.4 Å². The molecule has 0 aromatic heterocycles. The van der Waals surface area contributed by atoms with Crippen LogP contribution in [0.1, 0.15) is 28.4 Å². The zero-order chi connectivity index (χ0) is 18.4. The molecular weight excluding hydrogens is 335 g/mol. The van der Waals surface area contributed by atoms with E-state index in [4.69, 9.17) is 4.74 Å². The number of carbonyl (C=O) groups is 2. The van der Waals surface area contributed by atoms with Crippen molar-refractivity contribution in [2.45, 2.75) is 19.6 Å². The van der Waals surface area contributed by atoms with E-state index in [9.17, 15) is 22.8 Å². The minimum absolute atomic E-state index is 0.0324. The number of carbonyl (C=O) groups excluding carboxylic acids is 2. The molecule has 4 nitrogen and oxygen atoms in total. The molecule has 0 spiro atoms. The van der Waals surface area contributed by atoms with Gasteiger partial charge in [-0.25, -0.2) is 0 Å². The van der Waals surface area contributed by atoms with Crippen molar-refractivity contribution < 1.29 is 27.5 Å². The van der Waals surface area contributed by atoms with E-state index in [2.05, 4.69) is 5.32 Å². The average molecular weight is 351 g/mol. The van der Waals surface area contributed by atoms with Crippen LogP contribution in [0.3, 0.4) is 0 Å². The highest BCUT2D eigenvalue weighted by molar-refractivity contribution is 5.94. The standard InChI is InChI=1S/C18H16F3NO3/c1-12(23)14-5-7-16(8-6-14)25-11-17(24)22-10-13-3-2-4-15(9-13)18(19,20)21/h2-9H,10-11H2,1H3,(H,22,24). The van der Waals surface area contributed by atoms with Gasteiger partial charge in [-0.1, -0.05) is 12.1 Å². The highest BCUT2D eigenvalue weighted by atomic mass is 19.4. The third-order valence-corrected chi connectivity index (χ3v) is 3.37. The Hall–Kier alpha value is -2.83. The lowest BCUT2D eigenvalue weighted by Gasteiger charge is -2.10. The summed E-state index contributed by atoms with van der Waals surface area (Å²) in [5.41, 5.74) is 0.108. The van der Waals surface area contributed by atoms with Crippen molar-refractivity contribution in [1.82, 2.24) is 5.32 Å². The van der Waals surface area contributed by atoms with Crippen molar-refractivity contribution in [3.05, 3.63) is 65.2 Å². The maximum Gasteiger partial charge on any atom is 0.416 e. The van der Waals surface area contributed by atoms with Crippen LogP contribution in [-0.2, 0) is 17.5 Å². The number of rotatable bonds is 6. The number of ketones is 1. The fourth-order valence-corrected chi connectivity index (χ4v) is 2.04. The molecule has 0 bridgehead atoms. The van der Waals surface area contributed by atoms with Crippen LogP contribution in [0.5, 0.6) is 5.75 Å². The van der Waals surface area contributed by atoms with Gasteiger partial charge < -0.3 is 10.1 Å². The summed E-state index contributed by atoms with van der Waals surface area (Å²) in [6, 6.07) is 11.0. The molecule has 0 atom stereocenters. The number of amides is 1. The Labute approximate surface area is 142 Å². The molecule has 7 heteroatoms. The molecule has 0 saturated carbocycles. The lowest BCUT2D eigenvalue weighted by Crippen LogP contribution is -2.28. The van der Waals surface area contributed by atoms with Gasteiger partial charge in [0.25, 0.3) is 5.91 Å². The minimum atomic E-state index is -4.42. The largest absolute Gasteiger partial charge is 0.484 e. The molecule has 0 aliphatic rings. The summed E-state index contributed by atoms with van der Waals surface area (Å²) in [7, 11) is 0. The van der Waals surface area contributed by atoms with E-state index in [1.54, 1.807) is 24.3 Å². The third-order valence-electron chi connectivity index (χ3n) is 3.37. The number of halogens is 3. The number of benzene rings is 2. The topological polar surface area (TPSA) is 55.4 Å². The summed E-state index contributed by atoms with van der Waals surface area (Å²) in [4.78, 5) is 22.9. The SMILES string of the molecule is CC(=O)c1ccc(OCC(=O)NCc2cccc(C(F)(F)F)c2)cc1. The number of nitrogens with one attached hydrogen (secondary N) is 1. The lowest BCUT2D eigenvalue weighted by molar-refractivity contribution is -0.137. The molecule has 2 aromatic carbocycles. The van der Waals surface area contributed by atoms with E-state index in [1.807, 2.05) is 0 Å². The normalized spacial score (nSPS) is 11.0. The molecule has 0 fully saturated rings. The summed E-state index contributed by atoms with van der Waals surface area (Å²) in [6.45, 7) is 1.13. The second-order valence-electron chi connectivity index (χ2n) is 5.34. The van der Waals surface area contributed by atoms with E-state index in [0.717, 1.165) is 12.1 Å². The van der Waals surface area contributed by atoms with Crippen LogP contribution in [0, 0.1) is 0 Å². The van der Waals surface area contributed by atoms with E-state index in [1.165, 1.54) is 19.1 Å². The van der Waals surface area contributed by atoms with Crippen LogP contribution < -0.4 is 10.1 Å². The number of alkyl halides is 3. The van der Waals surface area contributed by atoms with Crippen molar-refractivity contribution in [2.75, 3.05) is 6.61 Å². The number of Topliss-reactive ketones (excluding diaryl/α,β-unsaturated/α-hetero) is 1. The molecule has 25 heavy (non-hydrogen) atoms. The Morgan fingerprint density at radius 1 is 1.08 bits per heavy atom. The Bertz CT molecular complexity index is 755. The minimum Gasteiger partial charge on any atom is -0.484 e. The van der Waals surface area contributed by atoms with Gasteiger partial charge in [0, 0.05) is 12.1 Å². The number of hydrogen-bond donors (Lipinski definition) is 1. The van der Waals surface area contributed by atoms with E-state index >= 15 is 0 Å². The van der Waals surface area contributed by atoms with Crippen molar-refractivity contribution in [3.8, 4) is 5.75 Å². The first kappa shape index (κ1) is 18.5. The Kier molecular flexibility index (Phi) is 5.80. The molecule has 0 heterocycles. The van der Waals surface area contributed by atoms with Crippen LogP contribution in [0.15, 0.2) is 48.5 Å². The highest BCUT2D eigenvalue weighted by Crippen LogP contribution is 2.29. The van der Waals surface area contributed by atoms with E-state index in [0.29, 0.717) is 16.9 Å².